The Bertz CT molecular complexity index is 516. The maximum atomic E-state index is 11.3. The summed E-state index contributed by atoms with van der Waals surface area (Å²) < 4.78 is 1.43. The van der Waals surface area contributed by atoms with Gasteiger partial charge >= 0.3 is 0 Å². The fourth-order valence-electron chi connectivity index (χ4n) is 1.32. The van der Waals surface area contributed by atoms with Crippen LogP contribution in [0.15, 0.2) is 35.1 Å². The summed E-state index contributed by atoms with van der Waals surface area (Å²) in [6, 6.07) is 9.15. The molecule has 0 bridgehead atoms. The van der Waals surface area contributed by atoms with E-state index in [2.05, 4.69) is 0 Å². The molecule has 0 unspecified atom stereocenters. The first-order valence-electron chi connectivity index (χ1n) is 3.94. The van der Waals surface area contributed by atoms with Crippen molar-refractivity contribution >= 4 is 22.4 Å². The second-order valence-electron chi connectivity index (χ2n) is 2.92. The molecule has 3 heteroatoms. The summed E-state index contributed by atoms with van der Waals surface area (Å²) >= 11 is 5.99. The summed E-state index contributed by atoms with van der Waals surface area (Å²) in [4.78, 5) is 11.3. The summed E-state index contributed by atoms with van der Waals surface area (Å²) in [5.74, 6) is 0. The van der Waals surface area contributed by atoms with Gasteiger partial charge in [0, 0.05) is 18.5 Å². The average molecular weight is 194 g/mol. The summed E-state index contributed by atoms with van der Waals surface area (Å²) in [5, 5.41) is 2.28. The summed E-state index contributed by atoms with van der Waals surface area (Å²) in [6.07, 6.45) is 0. The van der Waals surface area contributed by atoms with E-state index in [1.807, 2.05) is 24.3 Å². The minimum Gasteiger partial charge on any atom is -0.302 e. The summed E-state index contributed by atoms with van der Waals surface area (Å²) in [5.41, 5.74) is -0.0799. The molecule has 2 rings (SSSR count). The molecule has 2 aromatic rings. The molecular weight excluding hydrogens is 186 g/mol. The van der Waals surface area contributed by atoms with Gasteiger partial charge in [0.15, 0.2) is 0 Å². The quantitative estimate of drug-likeness (QED) is 0.588. The smallest absolute Gasteiger partial charge is 0.252 e. The van der Waals surface area contributed by atoms with Crippen LogP contribution >= 0.6 is 11.6 Å². The van der Waals surface area contributed by atoms with Crippen LogP contribution in [0.4, 0.5) is 0 Å². The van der Waals surface area contributed by atoms with Gasteiger partial charge in [-0.2, -0.15) is 0 Å². The highest BCUT2D eigenvalue weighted by Gasteiger charge is 2.02. The van der Waals surface area contributed by atoms with Gasteiger partial charge in [-0.25, -0.2) is 0 Å². The van der Waals surface area contributed by atoms with Gasteiger partial charge in [0.1, 0.15) is 5.15 Å². The van der Waals surface area contributed by atoms with Crippen LogP contribution in [0.2, 0.25) is 5.15 Å². The number of nitrogens with zero attached hydrogens (tertiary/aromatic N) is 1. The predicted molar refractivity (Wildman–Crippen MR) is 54.2 cm³/mol. The van der Waals surface area contributed by atoms with E-state index in [0.717, 1.165) is 10.8 Å². The maximum absolute atomic E-state index is 11.3. The highest BCUT2D eigenvalue weighted by molar-refractivity contribution is 6.34. The molecule has 0 spiro atoms. The molecule has 0 amide bonds. The molecule has 66 valence electrons. The Balaban J connectivity index is 3.02. The van der Waals surface area contributed by atoms with Gasteiger partial charge in [0.25, 0.3) is 5.56 Å². The summed E-state index contributed by atoms with van der Waals surface area (Å²) in [7, 11) is 1.66. The zero-order chi connectivity index (χ0) is 9.42. The minimum absolute atomic E-state index is 0.0799. The van der Waals surface area contributed by atoms with Crippen LogP contribution in [0.3, 0.4) is 0 Å². The fourth-order valence-corrected chi connectivity index (χ4v) is 1.57. The molecule has 0 atom stereocenters. The number of rotatable bonds is 0. The average Bonchev–Trinajstić information content (AvgIpc) is 2.15. The second kappa shape index (κ2) is 2.89. The lowest BCUT2D eigenvalue weighted by Gasteiger charge is -2.04. The van der Waals surface area contributed by atoms with Crippen LogP contribution < -0.4 is 5.56 Å². The highest BCUT2D eigenvalue weighted by Crippen LogP contribution is 2.19. The number of aromatic nitrogens is 1. The van der Waals surface area contributed by atoms with Crippen LogP contribution in [0.1, 0.15) is 0 Å². The van der Waals surface area contributed by atoms with E-state index in [0.29, 0.717) is 5.15 Å². The molecule has 0 N–H and O–H groups in total. The van der Waals surface area contributed by atoms with Crippen molar-refractivity contribution < 1.29 is 0 Å². The van der Waals surface area contributed by atoms with Crippen molar-refractivity contribution in [3.8, 4) is 0 Å². The van der Waals surface area contributed by atoms with Crippen molar-refractivity contribution in [2.45, 2.75) is 0 Å². The molecule has 1 aromatic heterocycles. The van der Waals surface area contributed by atoms with E-state index in [1.165, 1.54) is 4.57 Å². The van der Waals surface area contributed by atoms with E-state index in [9.17, 15) is 4.79 Å². The van der Waals surface area contributed by atoms with Crippen LogP contribution in [0, 0.1) is 0 Å². The Morgan fingerprint density at radius 2 is 2.00 bits per heavy atom. The molecule has 2 nitrogen and oxygen atoms in total. The second-order valence-corrected chi connectivity index (χ2v) is 3.28. The van der Waals surface area contributed by atoms with Crippen LogP contribution in [0.5, 0.6) is 0 Å². The maximum Gasteiger partial charge on any atom is 0.252 e. The molecule has 0 aliphatic heterocycles. The zero-order valence-corrected chi connectivity index (χ0v) is 7.88. The van der Waals surface area contributed by atoms with Gasteiger partial charge in [-0.3, -0.25) is 4.79 Å². The Hall–Kier alpha value is -1.28. The topological polar surface area (TPSA) is 22.0 Å². The number of benzene rings is 1. The van der Waals surface area contributed by atoms with Gasteiger partial charge in [-0.05, 0) is 5.39 Å². The monoisotopic (exact) mass is 193 g/mol. The van der Waals surface area contributed by atoms with E-state index in [-0.39, 0.29) is 5.56 Å². The van der Waals surface area contributed by atoms with E-state index < -0.39 is 0 Å². The lowest BCUT2D eigenvalue weighted by Crippen LogP contribution is -2.15. The van der Waals surface area contributed by atoms with E-state index in [4.69, 9.17) is 11.6 Å². The van der Waals surface area contributed by atoms with E-state index in [1.54, 1.807) is 13.1 Å². The molecule has 1 heterocycles. The molecule has 0 fully saturated rings. The molecule has 13 heavy (non-hydrogen) atoms. The van der Waals surface area contributed by atoms with Crippen molar-refractivity contribution in [2.24, 2.45) is 7.05 Å². The first kappa shape index (κ1) is 8.32. The number of halogens is 1. The Morgan fingerprint density at radius 1 is 1.31 bits per heavy atom. The van der Waals surface area contributed by atoms with Crippen LogP contribution in [-0.2, 0) is 7.05 Å². The number of hydrogen-bond acceptors (Lipinski definition) is 1. The highest BCUT2D eigenvalue weighted by atomic mass is 35.5. The fraction of sp³-hybridized carbons (Fsp3) is 0.100. The first-order valence-corrected chi connectivity index (χ1v) is 4.32. The molecule has 0 aliphatic carbocycles. The third kappa shape index (κ3) is 1.23. The van der Waals surface area contributed by atoms with Crippen LogP contribution in [0.25, 0.3) is 10.8 Å². The Morgan fingerprint density at radius 3 is 2.77 bits per heavy atom. The minimum atomic E-state index is -0.0799. The van der Waals surface area contributed by atoms with Crippen molar-refractivity contribution in [3.05, 3.63) is 45.8 Å². The zero-order valence-electron chi connectivity index (χ0n) is 7.12. The third-order valence-electron chi connectivity index (χ3n) is 2.09. The molecule has 1 aromatic carbocycles. The normalized spacial score (nSPS) is 10.6. The Labute approximate surface area is 80.4 Å². The number of pyridine rings is 1. The van der Waals surface area contributed by atoms with Crippen LogP contribution in [-0.4, -0.2) is 4.57 Å². The number of fused-ring (bicyclic) bond motifs is 1. The van der Waals surface area contributed by atoms with Gasteiger partial charge in [-0.1, -0.05) is 35.9 Å². The standard InChI is InChI=1S/C10H8ClNO/c1-12-9(13)6-7-4-2-3-5-8(7)10(12)11/h2-6H,1H3. The number of hydrogen-bond donors (Lipinski definition) is 0. The lowest BCUT2D eigenvalue weighted by atomic mass is 10.2. The van der Waals surface area contributed by atoms with Crippen molar-refractivity contribution in [1.82, 2.24) is 4.57 Å². The molecule has 0 radical (unpaired) electrons. The largest absolute Gasteiger partial charge is 0.302 e. The molecule has 0 saturated carbocycles. The SMILES string of the molecule is Cn1c(Cl)c2ccccc2cc1=O. The van der Waals surface area contributed by atoms with Crippen molar-refractivity contribution in [2.75, 3.05) is 0 Å². The first-order chi connectivity index (χ1) is 6.20. The van der Waals surface area contributed by atoms with Gasteiger partial charge < -0.3 is 4.57 Å². The van der Waals surface area contributed by atoms with Gasteiger partial charge in [0.2, 0.25) is 0 Å². The lowest BCUT2D eigenvalue weighted by molar-refractivity contribution is 0.871. The van der Waals surface area contributed by atoms with Gasteiger partial charge in [0.05, 0.1) is 0 Å². The molecule has 0 aliphatic rings. The van der Waals surface area contributed by atoms with Crippen molar-refractivity contribution in [1.29, 1.82) is 0 Å². The Kier molecular flexibility index (Phi) is 1.85. The molecular formula is C10H8ClNO. The predicted octanol–water partition coefficient (Wildman–Crippen LogP) is 2.19. The van der Waals surface area contributed by atoms with Gasteiger partial charge in [-0.15, -0.1) is 0 Å². The summed E-state index contributed by atoms with van der Waals surface area (Å²) in [6.45, 7) is 0. The van der Waals surface area contributed by atoms with Crippen molar-refractivity contribution in [3.63, 3.8) is 0 Å². The molecule has 0 saturated heterocycles. The van der Waals surface area contributed by atoms with E-state index >= 15 is 0 Å². The third-order valence-corrected chi connectivity index (χ3v) is 2.54.